The van der Waals surface area contributed by atoms with Crippen molar-refractivity contribution < 1.29 is 8.42 Å². The third kappa shape index (κ3) is 5.07. The van der Waals surface area contributed by atoms with Crippen molar-refractivity contribution in [2.24, 2.45) is 5.73 Å². The summed E-state index contributed by atoms with van der Waals surface area (Å²) in [7, 11) is -3.36. The SMILES string of the molecule is NCCc1ccc(CNS(=O)(=O)N2CCCCCC2)cc1. The summed E-state index contributed by atoms with van der Waals surface area (Å²) >= 11 is 0. The molecule has 0 bridgehead atoms. The number of nitrogens with two attached hydrogens (primary N) is 1. The second-order valence-corrected chi connectivity index (χ2v) is 7.25. The van der Waals surface area contributed by atoms with E-state index >= 15 is 0 Å². The summed E-state index contributed by atoms with van der Waals surface area (Å²) in [5.74, 6) is 0. The molecule has 3 N–H and O–H groups in total. The van der Waals surface area contributed by atoms with Crippen LogP contribution in [0, 0.1) is 0 Å². The number of nitrogens with zero attached hydrogens (tertiary/aromatic N) is 1. The van der Waals surface area contributed by atoms with E-state index in [0.717, 1.165) is 37.7 Å². The lowest BCUT2D eigenvalue weighted by Crippen LogP contribution is -2.40. The molecular formula is C15H25N3O2S. The number of benzene rings is 1. The molecule has 118 valence electrons. The molecule has 1 saturated heterocycles. The van der Waals surface area contributed by atoms with Crippen LogP contribution in [0.5, 0.6) is 0 Å². The van der Waals surface area contributed by atoms with Gasteiger partial charge in [0.05, 0.1) is 0 Å². The minimum absolute atomic E-state index is 0.335. The number of nitrogens with one attached hydrogen (secondary N) is 1. The highest BCUT2D eigenvalue weighted by molar-refractivity contribution is 7.87. The summed E-state index contributed by atoms with van der Waals surface area (Å²) in [6, 6.07) is 7.91. The summed E-state index contributed by atoms with van der Waals surface area (Å²) in [5, 5.41) is 0. The Labute approximate surface area is 127 Å². The molecule has 2 rings (SSSR count). The maximum atomic E-state index is 12.3. The van der Waals surface area contributed by atoms with E-state index in [0.29, 0.717) is 26.2 Å². The topological polar surface area (TPSA) is 75.4 Å². The van der Waals surface area contributed by atoms with Gasteiger partial charge in [0.15, 0.2) is 0 Å². The van der Waals surface area contributed by atoms with Crippen LogP contribution in [0.4, 0.5) is 0 Å². The molecule has 1 fully saturated rings. The zero-order valence-corrected chi connectivity index (χ0v) is 13.2. The number of hydrogen-bond acceptors (Lipinski definition) is 3. The highest BCUT2D eigenvalue weighted by Crippen LogP contribution is 2.13. The van der Waals surface area contributed by atoms with Crippen LogP contribution in [0.15, 0.2) is 24.3 Å². The van der Waals surface area contributed by atoms with Gasteiger partial charge in [-0.25, -0.2) is 0 Å². The van der Waals surface area contributed by atoms with Crippen molar-refractivity contribution in [3.05, 3.63) is 35.4 Å². The molecular weight excluding hydrogens is 286 g/mol. The van der Waals surface area contributed by atoms with Crippen LogP contribution < -0.4 is 10.5 Å². The van der Waals surface area contributed by atoms with Crippen molar-refractivity contribution in [3.8, 4) is 0 Å². The largest absolute Gasteiger partial charge is 0.330 e. The first-order valence-corrected chi connectivity index (χ1v) is 9.08. The Balaban J connectivity index is 1.91. The van der Waals surface area contributed by atoms with Crippen LogP contribution in [-0.2, 0) is 23.2 Å². The van der Waals surface area contributed by atoms with E-state index in [4.69, 9.17) is 5.73 Å². The van der Waals surface area contributed by atoms with Crippen molar-refractivity contribution in [2.75, 3.05) is 19.6 Å². The number of hydrogen-bond donors (Lipinski definition) is 2. The van der Waals surface area contributed by atoms with E-state index in [2.05, 4.69) is 4.72 Å². The molecule has 0 radical (unpaired) electrons. The van der Waals surface area contributed by atoms with Crippen molar-refractivity contribution in [3.63, 3.8) is 0 Å². The molecule has 0 amide bonds. The monoisotopic (exact) mass is 311 g/mol. The molecule has 21 heavy (non-hydrogen) atoms. The van der Waals surface area contributed by atoms with E-state index < -0.39 is 10.2 Å². The van der Waals surface area contributed by atoms with Crippen LogP contribution >= 0.6 is 0 Å². The van der Waals surface area contributed by atoms with E-state index in [1.54, 1.807) is 4.31 Å². The van der Waals surface area contributed by atoms with E-state index in [1.165, 1.54) is 5.56 Å². The Morgan fingerprint density at radius 1 is 1.00 bits per heavy atom. The molecule has 0 saturated carbocycles. The minimum atomic E-state index is -3.36. The van der Waals surface area contributed by atoms with Crippen LogP contribution in [0.25, 0.3) is 0 Å². The fourth-order valence-electron chi connectivity index (χ4n) is 2.54. The predicted molar refractivity (Wildman–Crippen MR) is 85.0 cm³/mol. The maximum Gasteiger partial charge on any atom is 0.279 e. The molecule has 0 atom stereocenters. The molecule has 0 unspecified atom stereocenters. The average molecular weight is 311 g/mol. The van der Waals surface area contributed by atoms with E-state index in [1.807, 2.05) is 24.3 Å². The lowest BCUT2D eigenvalue weighted by Gasteiger charge is -2.20. The van der Waals surface area contributed by atoms with Crippen LogP contribution in [0.1, 0.15) is 36.8 Å². The summed E-state index contributed by atoms with van der Waals surface area (Å²) in [4.78, 5) is 0. The van der Waals surface area contributed by atoms with Gasteiger partial charge >= 0.3 is 0 Å². The fourth-order valence-corrected chi connectivity index (χ4v) is 3.81. The standard InChI is InChI=1S/C15H25N3O2S/c16-10-9-14-5-7-15(8-6-14)13-17-21(19,20)18-11-3-1-2-4-12-18/h5-8,17H,1-4,9-13,16H2. The van der Waals surface area contributed by atoms with Crippen LogP contribution in [0.2, 0.25) is 0 Å². The van der Waals surface area contributed by atoms with Gasteiger partial charge in [-0.15, -0.1) is 0 Å². The third-order valence-corrected chi connectivity index (χ3v) is 5.37. The van der Waals surface area contributed by atoms with Gasteiger partial charge in [-0.05, 0) is 36.9 Å². The van der Waals surface area contributed by atoms with Crippen LogP contribution in [-0.4, -0.2) is 32.4 Å². The average Bonchev–Trinajstić information content (AvgIpc) is 2.77. The molecule has 0 aliphatic carbocycles. The Bertz CT molecular complexity index is 520. The second kappa shape index (κ2) is 7.89. The minimum Gasteiger partial charge on any atom is -0.330 e. The molecule has 1 aliphatic heterocycles. The van der Waals surface area contributed by atoms with Gasteiger partial charge in [-0.2, -0.15) is 17.4 Å². The van der Waals surface area contributed by atoms with Crippen molar-refractivity contribution >= 4 is 10.2 Å². The second-order valence-electron chi connectivity index (χ2n) is 5.49. The molecule has 1 heterocycles. The summed E-state index contributed by atoms with van der Waals surface area (Å²) in [6.45, 7) is 2.22. The molecule has 1 aromatic carbocycles. The Hall–Kier alpha value is -0.950. The predicted octanol–water partition coefficient (Wildman–Crippen LogP) is 1.40. The van der Waals surface area contributed by atoms with Crippen LogP contribution in [0.3, 0.4) is 0 Å². The third-order valence-electron chi connectivity index (χ3n) is 3.82. The van der Waals surface area contributed by atoms with Crippen molar-refractivity contribution in [1.29, 1.82) is 0 Å². The first-order chi connectivity index (χ1) is 10.1. The Morgan fingerprint density at radius 2 is 1.57 bits per heavy atom. The first-order valence-electron chi connectivity index (χ1n) is 7.64. The first kappa shape index (κ1) is 16.4. The lowest BCUT2D eigenvalue weighted by atomic mass is 10.1. The van der Waals surface area contributed by atoms with Gasteiger partial charge in [0.25, 0.3) is 10.2 Å². The van der Waals surface area contributed by atoms with Gasteiger partial charge in [0, 0.05) is 19.6 Å². The highest BCUT2D eigenvalue weighted by Gasteiger charge is 2.22. The molecule has 1 aromatic rings. The van der Waals surface area contributed by atoms with Gasteiger partial charge in [-0.1, -0.05) is 37.1 Å². The molecule has 0 aromatic heterocycles. The quantitative estimate of drug-likeness (QED) is 0.834. The molecule has 5 nitrogen and oxygen atoms in total. The zero-order valence-electron chi connectivity index (χ0n) is 12.4. The normalized spacial score (nSPS) is 17.6. The van der Waals surface area contributed by atoms with Gasteiger partial charge in [0.1, 0.15) is 0 Å². The molecule has 6 heteroatoms. The van der Waals surface area contributed by atoms with E-state index in [-0.39, 0.29) is 0 Å². The lowest BCUT2D eigenvalue weighted by molar-refractivity contribution is 0.414. The van der Waals surface area contributed by atoms with E-state index in [9.17, 15) is 8.42 Å². The van der Waals surface area contributed by atoms with Crippen molar-refractivity contribution in [2.45, 2.75) is 38.6 Å². The van der Waals surface area contributed by atoms with Gasteiger partial charge < -0.3 is 5.73 Å². The number of rotatable bonds is 6. The Morgan fingerprint density at radius 3 is 2.14 bits per heavy atom. The summed E-state index contributed by atoms with van der Waals surface area (Å²) in [6.07, 6.45) is 4.99. The zero-order chi connectivity index (χ0) is 15.1. The van der Waals surface area contributed by atoms with Gasteiger partial charge in [-0.3, -0.25) is 0 Å². The Kier molecular flexibility index (Phi) is 6.17. The molecule has 0 spiro atoms. The molecule has 1 aliphatic rings. The fraction of sp³-hybridized carbons (Fsp3) is 0.600. The smallest absolute Gasteiger partial charge is 0.279 e. The highest BCUT2D eigenvalue weighted by atomic mass is 32.2. The van der Waals surface area contributed by atoms with Gasteiger partial charge in [0.2, 0.25) is 0 Å². The summed E-state index contributed by atoms with van der Waals surface area (Å²) < 4.78 is 28.8. The van der Waals surface area contributed by atoms with Crippen molar-refractivity contribution in [1.82, 2.24) is 9.03 Å². The maximum absolute atomic E-state index is 12.3. The summed E-state index contributed by atoms with van der Waals surface area (Å²) in [5.41, 5.74) is 7.66.